The quantitative estimate of drug-likeness (QED) is 0.702. The lowest BCUT2D eigenvalue weighted by Crippen LogP contribution is -2.41. The van der Waals surface area contributed by atoms with Crippen molar-refractivity contribution in [1.82, 2.24) is 5.32 Å². The highest BCUT2D eigenvalue weighted by molar-refractivity contribution is 4.79. The van der Waals surface area contributed by atoms with Gasteiger partial charge >= 0.3 is 0 Å². The molecule has 15 heavy (non-hydrogen) atoms. The highest BCUT2D eigenvalue weighted by atomic mass is 16.5. The predicted molar refractivity (Wildman–Crippen MR) is 62.1 cm³/mol. The average Bonchev–Trinajstić information content (AvgIpc) is 2.76. The van der Waals surface area contributed by atoms with E-state index in [0.717, 1.165) is 32.8 Å². The number of hydrogen-bond donors (Lipinski definition) is 1. The molecule has 0 radical (unpaired) electrons. The van der Waals surface area contributed by atoms with Gasteiger partial charge in [0.1, 0.15) is 0 Å². The highest BCUT2D eigenvalue weighted by Crippen LogP contribution is 2.17. The first kappa shape index (κ1) is 12.9. The minimum Gasteiger partial charge on any atom is -0.381 e. The fourth-order valence-electron chi connectivity index (χ4n) is 1.88. The number of ether oxygens (including phenoxy) is 2. The Balaban J connectivity index is 2.29. The van der Waals surface area contributed by atoms with Crippen molar-refractivity contribution in [2.24, 2.45) is 5.92 Å². The first-order valence-corrected chi connectivity index (χ1v) is 6.20. The van der Waals surface area contributed by atoms with Gasteiger partial charge in [-0.2, -0.15) is 0 Å². The molecule has 3 unspecified atom stereocenters. The van der Waals surface area contributed by atoms with Crippen molar-refractivity contribution in [3.8, 4) is 0 Å². The molecule has 3 atom stereocenters. The monoisotopic (exact) mass is 215 g/mol. The summed E-state index contributed by atoms with van der Waals surface area (Å²) in [5.74, 6) is 0.633. The Hall–Kier alpha value is -0.120. The van der Waals surface area contributed by atoms with Crippen LogP contribution in [0.15, 0.2) is 0 Å². The molecule has 0 aromatic rings. The van der Waals surface area contributed by atoms with Gasteiger partial charge in [-0.3, -0.25) is 0 Å². The maximum atomic E-state index is 5.80. The molecule has 1 aliphatic heterocycles. The number of rotatable bonds is 7. The first-order chi connectivity index (χ1) is 7.27. The molecule has 1 N–H and O–H groups in total. The molecular formula is C12H25NO2. The summed E-state index contributed by atoms with van der Waals surface area (Å²) in [6.07, 6.45) is 2.62. The van der Waals surface area contributed by atoms with E-state index in [1.54, 1.807) is 0 Å². The molecule has 3 nitrogen and oxygen atoms in total. The van der Waals surface area contributed by atoms with Gasteiger partial charge < -0.3 is 14.8 Å². The van der Waals surface area contributed by atoms with Crippen LogP contribution in [0, 0.1) is 5.92 Å². The minimum atomic E-state index is 0.369. The van der Waals surface area contributed by atoms with Crippen LogP contribution in [0.4, 0.5) is 0 Å². The van der Waals surface area contributed by atoms with Crippen molar-refractivity contribution < 1.29 is 9.47 Å². The molecule has 0 aromatic carbocycles. The molecule has 3 heteroatoms. The van der Waals surface area contributed by atoms with E-state index in [1.165, 1.54) is 6.42 Å². The van der Waals surface area contributed by atoms with Gasteiger partial charge in [0.25, 0.3) is 0 Å². The van der Waals surface area contributed by atoms with Crippen LogP contribution >= 0.6 is 0 Å². The topological polar surface area (TPSA) is 30.5 Å². The third kappa shape index (κ3) is 4.49. The standard InChI is InChI=1S/C12H25NO2/c1-4-10(3)15-9-12(13-5-2)11-6-7-14-8-11/h10-13H,4-9H2,1-3H3. The Labute approximate surface area is 93.5 Å². The van der Waals surface area contributed by atoms with Crippen LogP contribution < -0.4 is 5.32 Å². The smallest absolute Gasteiger partial charge is 0.0626 e. The molecule has 1 fully saturated rings. The molecule has 90 valence electrons. The van der Waals surface area contributed by atoms with E-state index in [1.807, 2.05) is 0 Å². The first-order valence-electron chi connectivity index (χ1n) is 6.20. The molecule has 0 aromatic heterocycles. The number of nitrogens with one attached hydrogen (secondary N) is 1. The molecule has 1 aliphatic rings. The zero-order valence-electron chi connectivity index (χ0n) is 10.3. The van der Waals surface area contributed by atoms with Gasteiger partial charge in [-0.05, 0) is 26.3 Å². The van der Waals surface area contributed by atoms with Crippen molar-refractivity contribution >= 4 is 0 Å². The maximum Gasteiger partial charge on any atom is 0.0626 e. The van der Waals surface area contributed by atoms with Gasteiger partial charge in [0.05, 0.1) is 19.3 Å². The SMILES string of the molecule is CCNC(COC(C)CC)C1CCOC1. The van der Waals surface area contributed by atoms with Crippen LogP contribution in [0.3, 0.4) is 0 Å². The Morgan fingerprint density at radius 3 is 2.80 bits per heavy atom. The summed E-state index contributed by atoms with van der Waals surface area (Å²) in [6, 6.07) is 0.464. The second kappa shape index (κ2) is 7.20. The van der Waals surface area contributed by atoms with Crippen LogP contribution in [0.25, 0.3) is 0 Å². The zero-order chi connectivity index (χ0) is 11.1. The largest absolute Gasteiger partial charge is 0.381 e. The summed E-state index contributed by atoms with van der Waals surface area (Å²) < 4.78 is 11.2. The third-order valence-electron chi connectivity index (χ3n) is 3.14. The summed E-state index contributed by atoms with van der Waals surface area (Å²) in [5, 5.41) is 3.50. The molecule has 0 aliphatic carbocycles. The van der Waals surface area contributed by atoms with E-state index in [-0.39, 0.29) is 0 Å². The fourth-order valence-corrected chi connectivity index (χ4v) is 1.88. The molecule has 0 spiro atoms. The summed E-state index contributed by atoms with van der Waals surface area (Å²) in [6.45, 7) is 10.1. The molecule has 1 heterocycles. The van der Waals surface area contributed by atoms with E-state index in [9.17, 15) is 0 Å². The van der Waals surface area contributed by atoms with Crippen molar-refractivity contribution in [3.63, 3.8) is 0 Å². The Morgan fingerprint density at radius 1 is 1.47 bits per heavy atom. The number of likely N-dealkylation sites (N-methyl/N-ethyl adjacent to an activating group) is 1. The minimum absolute atomic E-state index is 0.369. The van der Waals surface area contributed by atoms with Crippen molar-refractivity contribution in [3.05, 3.63) is 0 Å². The van der Waals surface area contributed by atoms with Gasteiger partial charge in [-0.1, -0.05) is 13.8 Å². The van der Waals surface area contributed by atoms with Crippen LogP contribution in [0.5, 0.6) is 0 Å². The fraction of sp³-hybridized carbons (Fsp3) is 1.00. The van der Waals surface area contributed by atoms with Gasteiger partial charge in [0.2, 0.25) is 0 Å². The van der Waals surface area contributed by atoms with E-state index in [2.05, 4.69) is 26.1 Å². The second-order valence-electron chi connectivity index (χ2n) is 4.34. The van der Waals surface area contributed by atoms with Crippen LogP contribution in [0.1, 0.15) is 33.6 Å². The van der Waals surface area contributed by atoms with Crippen LogP contribution in [0.2, 0.25) is 0 Å². The van der Waals surface area contributed by atoms with Gasteiger partial charge in [0.15, 0.2) is 0 Å². The third-order valence-corrected chi connectivity index (χ3v) is 3.14. The summed E-state index contributed by atoms with van der Waals surface area (Å²) >= 11 is 0. The van der Waals surface area contributed by atoms with Crippen molar-refractivity contribution in [2.75, 3.05) is 26.4 Å². The predicted octanol–water partition coefficient (Wildman–Crippen LogP) is 1.82. The normalized spacial score (nSPS) is 25.4. The van der Waals surface area contributed by atoms with Crippen molar-refractivity contribution in [2.45, 2.75) is 45.8 Å². The summed E-state index contributed by atoms with van der Waals surface area (Å²) in [5.41, 5.74) is 0. The van der Waals surface area contributed by atoms with Gasteiger partial charge in [-0.25, -0.2) is 0 Å². The molecule has 0 bridgehead atoms. The summed E-state index contributed by atoms with van der Waals surface area (Å²) in [4.78, 5) is 0. The van der Waals surface area contributed by atoms with E-state index in [4.69, 9.17) is 9.47 Å². The van der Waals surface area contributed by atoms with Crippen LogP contribution in [-0.2, 0) is 9.47 Å². The number of hydrogen-bond acceptors (Lipinski definition) is 3. The Kier molecular flexibility index (Phi) is 6.22. The van der Waals surface area contributed by atoms with Crippen molar-refractivity contribution in [1.29, 1.82) is 0 Å². The van der Waals surface area contributed by atoms with E-state index in [0.29, 0.717) is 18.1 Å². The summed E-state index contributed by atoms with van der Waals surface area (Å²) in [7, 11) is 0. The Morgan fingerprint density at radius 2 is 2.27 bits per heavy atom. The molecule has 1 saturated heterocycles. The average molecular weight is 215 g/mol. The molecule has 1 rings (SSSR count). The zero-order valence-corrected chi connectivity index (χ0v) is 10.3. The highest BCUT2D eigenvalue weighted by Gasteiger charge is 2.25. The lowest BCUT2D eigenvalue weighted by Gasteiger charge is -2.24. The maximum absolute atomic E-state index is 5.80. The van der Waals surface area contributed by atoms with Gasteiger partial charge in [0, 0.05) is 18.6 Å². The van der Waals surface area contributed by atoms with E-state index < -0.39 is 0 Å². The Bertz CT molecular complexity index is 158. The second-order valence-corrected chi connectivity index (χ2v) is 4.34. The lowest BCUT2D eigenvalue weighted by molar-refractivity contribution is 0.0344. The van der Waals surface area contributed by atoms with Crippen LogP contribution in [-0.4, -0.2) is 38.5 Å². The molecular weight excluding hydrogens is 190 g/mol. The lowest BCUT2D eigenvalue weighted by atomic mass is 10.00. The van der Waals surface area contributed by atoms with Gasteiger partial charge in [-0.15, -0.1) is 0 Å². The molecule has 0 amide bonds. The van der Waals surface area contributed by atoms with E-state index >= 15 is 0 Å². The molecule has 0 saturated carbocycles.